The van der Waals surface area contributed by atoms with Crippen molar-refractivity contribution in [3.63, 3.8) is 0 Å². The number of aromatic nitrogens is 2. The van der Waals surface area contributed by atoms with E-state index in [-0.39, 0.29) is 16.7 Å². The van der Waals surface area contributed by atoms with Crippen molar-refractivity contribution in [1.29, 1.82) is 0 Å². The maximum atomic E-state index is 12.4. The normalized spacial score (nSPS) is 14.7. The van der Waals surface area contributed by atoms with Gasteiger partial charge in [0.05, 0.1) is 10.4 Å². The summed E-state index contributed by atoms with van der Waals surface area (Å²) < 4.78 is 23.8. The summed E-state index contributed by atoms with van der Waals surface area (Å²) >= 11 is 0. The second kappa shape index (κ2) is 8.39. The highest BCUT2D eigenvalue weighted by Gasteiger charge is 2.22. The predicted molar refractivity (Wildman–Crippen MR) is 117 cm³/mol. The highest BCUT2D eigenvalue weighted by molar-refractivity contribution is 7.90. The summed E-state index contributed by atoms with van der Waals surface area (Å²) in [7, 11) is -3.33. The van der Waals surface area contributed by atoms with Crippen LogP contribution in [0, 0.1) is 5.92 Å². The van der Waals surface area contributed by atoms with E-state index in [0.717, 1.165) is 36.9 Å². The van der Waals surface area contributed by atoms with E-state index in [0.29, 0.717) is 23.3 Å². The van der Waals surface area contributed by atoms with Gasteiger partial charge >= 0.3 is 0 Å². The van der Waals surface area contributed by atoms with Gasteiger partial charge in [-0.2, -0.15) is 0 Å². The predicted octanol–water partition coefficient (Wildman–Crippen LogP) is 3.77. The molecule has 2 aromatic carbocycles. The van der Waals surface area contributed by atoms with Gasteiger partial charge in [0.25, 0.3) is 0 Å². The van der Waals surface area contributed by atoms with E-state index in [9.17, 15) is 13.2 Å². The van der Waals surface area contributed by atoms with Gasteiger partial charge in [0.15, 0.2) is 9.84 Å². The van der Waals surface area contributed by atoms with Crippen molar-refractivity contribution in [3.05, 3.63) is 54.4 Å². The van der Waals surface area contributed by atoms with Gasteiger partial charge in [0.1, 0.15) is 12.1 Å². The summed E-state index contributed by atoms with van der Waals surface area (Å²) in [6.07, 6.45) is 6.79. The molecule has 1 aliphatic rings. The van der Waals surface area contributed by atoms with Crippen LogP contribution in [0.1, 0.15) is 31.2 Å². The number of hydrogen-bond acceptors (Lipinski definition) is 6. The second-order valence-electron chi connectivity index (χ2n) is 7.70. The maximum Gasteiger partial charge on any atom is 0.227 e. The molecule has 0 unspecified atom stereocenters. The molecule has 0 aliphatic heterocycles. The Hall–Kier alpha value is -3.00. The van der Waals surface area contributed by atoms with Gasteiger partial charge in [-0.05, 0) is 48.7 Å². The molecule has 1 aromatic heterocycles. The summed E-state index contributed by atoms with van der Waals surface area (Å²) in [6.45, 7) is 0.475. The zero-order chi connectivity index (χ0) is 21.1. The maximum absolute atomic E-state index is 12.4. The Morgan fingerprint density at radius 3 is 2.67 bits per heavy atom. The molecule has 0 atom stereocenters. The van der Waals surface area contributed by atoms with Crippen molar-refractivity contribution in [2.75, 3.05) is 16.9 Å². The van der Waals surface area contributed by atoms with Crippen molar-refractivity contribution in [1.82, 2.24) is 9.97 Å². The smallest absolute Gasteiger partial charge is 0.227 e. The number of anilines is 2. The van der Waals surface area contributed by atoms with E-state index < -0.39 is 9.84 Å². The van der Waals surface area contributed by atoms with Gasteiger partial charge in [-0.25, -0.2) is 18.4 Å². The molecule has 1 amide bonds. The molecule has 0 bridgehead atoms. The van der Waals surface area contributed by atoms with Crippen LogP contribution in [0.2, 0.25) is 0 Å². The van der Waals surface area contributed by atoms with Crippen molar-refractivity contribution in [3.8, 4) is 0 Å². The lowest BCUT2D eigenvalue weighted by Crippen LogP contribution is -2.20. The van der Waals surface area contributed by atoms with Gasteiger partial charge in [-0.15, -0.1) is 0 Å². The van der Waals surface area contributed by atoms with Gasteiger partial charge in [-0.3, -0.25) is 4.79 Å². The molecule has 3 aromatic rings. The number of rotatable bonds is 6. The largest absolute Gasteiger partial charge is 0.365 e. The Morgan fingerprint density at radius 1 is 1.10 bits per heavy atom. The van der Waals surface area contributed by atoms with Crippen LogP contribution in [0.3, 0.4) is 0 Å². The first-order valence-corrected chi connectivity index (χ1v) is 11.9. The minimum Gasteiger partial charge on any atom is -0.365 e. The van der Waals surface area contributed by atoms with Crippen molar-refractivity contribution < 1.29 is 13.2 Å². The number of hydrogen-bond donors (Lipinski definition) is 2. The van der Waals surface area contributed by atoms with E-state index in [1.54, 1.807) is 18.2 Å². The summed E-state index contributed by atoms with van der Waals surface area (Å²) in [5.41, 5.74) is 2.42. The van der Waals surface area contributed by atoms with Gasteiger partial charge in [-0.1, -0.05) is 25.0 Å². The molecular formula is C22H24N4O3S. The SMILES string of the molecule is CS(=O)(=O)c1ccc2ncnc(NCc3cccc(NC(=O)C4CCCC4)c3)c2c1. The minimum atomic E-state index is -3.33. The summed E-state index contributed by atoms with van der Waals surface area (Å²) in [6, 6.07) is 12.5. The molecule has 1 heterocycles. The number of nitrogens with one attached hydrogen (secondary N) is 2. The number of amides is 1. The zero-order valence-corrected chi connectivity index (χ0v) is 17.6. The monoisotopic (exact) mass is 424 g/mol. The molecule has 1 saturated carbocycles. The Balaban J connectivity index is 1.50. The van der Waals surface area contributed by atoms with E-state index in [4.69, 9.17) is 0 Å². The lowest BCUT2D eigenvalue weighted by molar-refractivity contribution is -0.119. The second-order valence-corrected chi connectivity index (χ2v) is 9.71. The first kappa shape index (κ1) is 20.3. The van der Waals surface area contributed by atoms with Gasteiger partial charge < -0.3 is 10.6 Å². The minimum absolute atomic E-state index is 0.0905. The zero-order valence-electron chi connectivity index (χ0n) is 16.8. The number of fused-ring (bicyclic) bond motifs is 1. The fraction of sp³-hybridized carbons (Fsp3) is 0.318. The van der Waals surface area contributed by atoms with Crippen LogP contribution in [0.4, 0.5) is 11.5 Å². The molecule has 4 rings (SSSR count). The lowest BCUT2D eigenvalue weighted by atomic mass is 10.1. The molecule has 0 spiro atoms. The van der Waals surface area contributed by atoms with Crippen LogP contribution >= 0.6 is 0 Å². The number of nitrogens with zero attached hydrogens (tertiary/aromatic N) is 2. The van der Waals surface area contributed by atoms with Crippen molar-refractivity contribution >= 4 is 38.2 Å². The Kier molecular flexibility index (Phi) is 5.67. The Labute approximate surface area is 175 Å². The lowest BCUT2D eigenvalue weighted by Gasteiger charge is -2.12. The molecule has 0 radical (unpaired) electrons. The third kappa shape index (κ3) is 4.59. The number of sulfone groups is 1. The fourth-order valence-electron chi connectivity index (χ4n) is 3.78. The molecule has 2 N–H and O–H groups in total. The Morgan fingerprint density at radius 2 is 1.90 bits per heavy atom. The van der Waals surface area contributed by atoms with Crippen LogP contribution in [-0.2, 0) is 21.2 Å². The van der Waals surface area contributed by atoms with Crippen molar-refractivity contribution in [2.24, 2.45) is 5.92 Å². The van der Waals surface area contributed by atoms with Gasteiger partial charge in [0.2, 0.25) is 5.91 Å². The molecule has 1 fully saturated rings. The Bertz CT molecular complexity index is 1190. The fourth-order valence-corrected chi connectivity index (χ4v) is 4.43. The summed E-state index contributed by atoms with van der Waals surface area (Å²) in [4.78, 5) is 21.1. The first-order valence-electron chi connectivity index (χ1n) is 9.99. The van der Waals surface area contributed by atoms with Crippen LogP contribution in [0.15, 0.2) is 53.7 Å². The number of benzene rings is 2. The van der Waals surface area contributed by atoms with Crippen LogP contribution in [0.25, 0.3) is 10.9 Å². The highest BCUT2D eigenvalue weighted by Crippen LogP contribution is 2.27. The quantitative estimate of drug-likeness (QED) is 0.625. The summed E-state index contributed by atoms with van der Waals surface area (Å²) in [5.74, 6) is 0.766. The van der Waals surface area contributed by atoms with Crippen molar-refractivity contribution in [2.45, 2.75) is 37.1 Å². The van der Waals surface area contributed by atoms with Crippen LogP contribution in [0.5, 0.6) is 0 Å². The average molecular weight is 425 g/mol. The van der Waals surface area contributed by atoms with E-state index in [1.165, 1.54) is 12.6 Å². The topological polar surface area (TPSA) is 101 Å². The van der Waals surface area contributed by atoms with E-state index >= 15 is 0 Å². The third-order valence-electron chi connectivity index (χ3n) is 5.42. The summed E-state index contributed by atoms with van der Waals surface area (Å²) in [5, 5.41) is 6.92. The van der Waals surface area contributed by atoms with E-state index in [1.807, 2.05) is 24.3 Å². The molecule has 156 valence electrons. The van der Waals surface area contributed by atoms with E-state index in [2.05, 4.69) is 20.6 Å². The molecule has 0 saturated heterocycles. The standard InChI is InChI=1S/C22H24N4O3S/c1-30(28,29)18-9-10-20-19(12-18)21(25-14-24-20)23-13-15-5-4-8-17(11-15)26-22(27)16-6-2-3-7-16/h4-5,8-12,14,16H,2-3,6-7,13H2,1H3,(H,26,27)(H,23,24,25). The molecular weight excluding hydrogens is 400 g/mol. The average Bonchev–Trinajstić information content (AvgIpc) is 3.26. The molecule has 30 heavy (non-hydrogen) atoms. The molecule has 8 heteroatoms. The third-order valence-corrected chi connectivity index (χ3v) is 6.53. The van der Waals surface area contributed by atoms with Crippen LogP contribution < -0.4 is 10.6 Å². The number of carbonyl (C=O) groups excluding carboxylic acids is 1. The van der Waals surface area contributed by atoms with Crippen LogP contribution in [-0.4, -0.2) is 30.5 Å². The molecule has 1 aliphatic carbocycles. The van der Waals surface area contributed by atoms with Gasteiger partial charge in [0, 0.05) is 29.8 Å². The number of carbonyl (C=O) groups is 1. The molecule has 7 nitrogen and oxygen atoms in total. The highest BCUT2D eigenvalue weighted by atomic mass is 32.2. The first-order chi connectivity index (χ1) is 14.4.